The molecule has 0 aromatic heterocycles. The number of phenols is 2. The Kier molecular flexibility index (Phi) is 7.60. The van der Waals surface area contributed by atoms with Crippen LogP contribution < -0.4 is 9.47 Å². The van der Waals surface area contributed by atoms with E-state index >= 15 is 0 Å². The van der Waals surface area contributed by atoms with Gasteiger partial charge in [0.25, 0.3) is 0 Å². The molecule has 0 atom stereocenters. The third kappa shape index (κ3) is 6.84. The van der Waals surface area contributed by atoms with Gasteiger partial charge in [0.1, 0.15) is 0 Å². The molecule has 6 nitrogen and oxygen atoms in total. The highest BCUT2D eigenvalue weighted by atomic mass is 16.5. The zero-order valence-corrected chi connectivity index (χ0v) is 16.6. The molecular formula is C23H24O6. The minimum absolute atomic E-state index is 0.00692. The number of allylic oxidation sites excluding steroid dienone is 2. The lowest BCUT2D eigenvalue weighted by Crippen LogP contribution is -2.05. The van der Waals surface area contributed by atoms with Gasteiger partial charge in [-0.25, -0.2) is 0 Å². The van der Waals surface area contributed by atoms with Gasteiger partial charge in [-0.15, -0.1) is 0 Å². The van der Waals surface area contributed by atoms with Crippen molar-refractivity contribution in [3.05, 3.63) is 59.7 Å². The van der Waals surface area contributed by atoms with Crippen LogP contribution in [0.1, 0.15) is 31.4 Å². The molecule has 152 valence electrons. The second-order valence-corrected chi connectivity index (χ2v) is 6.60. The topological polar surface area (TPSA) is 93.1 Å². The first-order valence-corrected chi connectivity index (χ1v) is 9.07. The summed E-state index contributed by atoms with van der Waals surface area (Å²) in [5.41, 5.74) is 1.34. The molecule has 0 saturated carbocycles. The summed E-state index contributed by atoms with van der Waals surface area (Å²) in [6.07, 6.45) is 5.39. The van der Waals surface area contributed by atoms with Gasteiger partial charge in [-0.3, -0.25) is 9.59 Å². The third-order valence-electron chi connectivity index (χ3n) is 3.82. The molecule has 0 spiro atoms. The van der Waals surface area contributed by atoms with E-state index in [4.69, 9.17) is 9.47 Å². The second kappa shape index (κ2) is 10.1. The SMILES string of the molecule is COc1cc(C=CC(=O)CC(=O)C=Cc2ccc(O)c(OC(C)C)c2)ccc1O. The highest BCUT2D eigenvalue weighted by Crippen LogP contribution is 2.28. The summed E-state index contributed by atoms with van der Waals surface area (Å²) in [5.74, 6) is -0.0318. The first kappa shape index (κ1) is 21.8. The molecule has 0 fully saturated rings. The van der Waals surface area contributed by atoms with E-state index in [9.17, 15) is 19.8 Å². The standard InChI is InChI=1S/C23H24O6/c1-15(2)29-23-13-17(7-11-21(23)27)5-9-19(25)14-18(24)8-4-16-6-10-20(26)22(12-16)28-3/h4-13,15,26-27H,14H2,1-3H3. The van der Waals surface area contributed by atoms with Gasteiger partial charge in [0.15, 0.2) is 34.6 Å². The molecule has 0 bridgehead atoms. The van der Waals surface area contributed by atoms with Gasteiger partial charge in [0.2, 0.25) is 0 Å². The number of rotatable bonds is 9. The number of aromatic hydroxyl groups is 2. The van der Waals surface area contributed by atoms with Gasteiger partial charge in [-0.2, -0.15) is 0 Å². The molecule has 0 saturated heterocycles. The average Bonchev–Trinajstić information content (AvgIpc) is 2.67. The van der Waals surface area contributed by atoms with Crippen LogP contribution in [0.4, 0.5) is 0 Å². The Morgan fingerprint density at radius 2 is 1.38 bits per heavy atom. The molecule has 0 aliphatic heterocycles. The third-order valence-corrected chi connectivity index (χ3v) is 3.82. The first-order chi connectivity index (χ1) is 13.8. The van der Waals surface area contributed by atoms with Crippen LogP contribution in [0.15, 0.2) is 48.6 Å². The molecule has 29 heavy (non-hydrogen) atoms. The quantitative estimate of drug-likeness (QED) is 0.489. The summed E-state index contributed by atoms with van der Waals surface area (Å²) in [7, 11) is 1.44. The zero-order valence-electron chi connectivity index (χ0n) is 16.6. The minimum Gasteiger partial charge on any atom is -0.504 e. The Morgan fingerprint density at radius 1 is 0.897 bits per heavy atom. The number of carbonyl (C=O) groups excluding carboxylic acids is 2. The van der Waals surface area contributed by atoms with Crippen LogP contribution >= 0.6 is 0 Å². The molecule has 0 aliphatic rings. The largest absolute Gasteiger partial charge is 0.504 e. The van der Waals surface area contributed by atoms with Crippen LogP contribution in [0.5, 0.6) is 23.0 Å². The molecule has 2 rings (SSSR count). The van der Waals surface area contributed by atoms with Crippen molar-refractivity contribution in [2.24, 2.45) is 0 Å². The Labute approximate surface area is 169 Å². The van der Waals surface area contributed by atoms with E-state index in [0.29, 0.717) is 22.6 Å². The molecule has 6 heteroatoms. The first-order valence-electron chi connectivity index (χ1n) is 9.07. The molecule has 0 unspecified atom stereocenters. The maximum atomic E-state index is 12.0. The molecule has 0 radical (unpaired) electrons. The summed E-state index contributed by atoms with van der Waals surface area (Å²) in [6.45, 7) is 3.69. The van der Waals surface area contributed by atoms with E-state index in [1.54, 1.807) is 36.4 Å². The number of ketones is 2. The Balaban J connectivity index is 1.97. The summed E-state index contributed by atoms with van der Waals surface area (Å²) in [4.78, 5) is 24.0. The van der Waals surface area contributed by atoms with Gasteiger partial charge in [-0.1, -0.05) is 24.3 Å². The van der Waals surface area contributed by atoms with Crippen molar-refractivity contribution in [2.75, 3.05) is 7.11 Å². The Morgan fingerprint density at radius 3 is 1.86 bits per heavy atom. The predicted octanol–water partition coefficient (Wildman–Crippen LogP) is 4.15. The number of hydrogen-bond donors (Lipinski definition) is 2. The van der Waals surface area contributed by atoms with Gasteiger partial charge < -0.3 is 19.7 Å². The average molecular weight is 396 g/mol. The van der Waals surface area contributed by atoms with Crippen molar-refractivity contribution in [1.82, 2.24) is 0 Å². The highest BCUT2D eigenvalue weighted by Gasteiger charge is 2.07. The second-order valence-electron chi connectivity index (χ2n) is 6.60. The normalized spacial score (nSPS) is 11.3. The van der Waals surface area contributed by atoms with Crippen LogP contribution in [-0.4, -0.2) is 35.0 Å². The summed E-state index contributed by atoms with van der Waals surface area (Å²) >= 11 is 0. The van der Waals surface area contributed by atoms with Gasteiger partial charge in [0.05, 0.1) is 19.6 Å². The number of phenolic OH excluding ortho intramolecular Hbond substituents is 2. The van der Waals surface area contributed by atoms with Crippen LogP contribution in [-0.2, 0) is 9.59 Å². The molecule has 0 aliphatic carbocycles. The van der Waals surface area contributed by atoms with Gasteiger partial charge in [-0.05, 0) is 61.4 Å². The van der Waals surface area contributed by atoms with E-state index in [1.165, 1.54) is 31.4 Å². The predicted molar refractivity (Wildman–Crippen MR) is 111 cm³/mol. The van der Waals surface area contributed by atoms with E-state index < -0.39 is 0 Å². The number of benzene rings is 2. The highest BCUT2D eigenvalue weighted by molar-refractivity contribution is 6.10. The maximum Gasteiger partial charge on any atom is 0.163 e. The van der Waals surface area contributed by atoms with Gasteiger partial charge >= 0.3 is 0 Å². The number of carbonyl (C=O) groups is 2. The van der Waals surface area contributed by atoms with E-state index in [1.807, 2.05) is 13.8 Å². The van der Waals surface area contributed by atoms with Gasteiger partial charge in [0, 0.05) is 0 Å². The monoisotopic (exact) mass is 396 g/mol. The fourth-order valence-electron chi connectivity index (χ4n) is 2.45. The summed E-state index contributed by atoms with van der Waals surface area (Å²) in [6, 6.07) is 9.44. The summed E-state index contributed by atoms with van der Waals surface area (Å²) in [5, 5.41) is 19.4. The molecule has 2 N–H and O–H groups in total. The molecule has 2 aromatic rings. The molecular weight excluding hydrogens is 372 g/mol. The molecule has 2 aromatic carbocycles. The number of hydrogen-bond acceptors (Lipinski definition) is 6. The fourth-order valence-corrected chi connectivity index (χ4v) is 2.45. The zero-order chi connectivity index (χ0) is 21.4. The van der Waals surface area contributed by atoms with Crippen LogP contribution in [0.3, 0.4) is 0 Å². The van der Waals surface area contributed by atoms with Crippen LogP contribution in [0.2, 0.25) is 0 Å². The van der Waals surface area contributed by atoms with E-state index in [2.05, 4.69) is 0 Å². The smallest absolute Gasteiger partial charge is 0.163 e. The minimum atomic E-state index is -0.346. The van der Waals surface area contributed by atoms with Crippen molar-refractivity contribution in [1.29, 1.82) is 0 Å². The molecule has 0 heterocycles. The van der Waals surface area contributed by atoms with E-state index in [0.717, 1.165) is 0 Å². The van der Waals surface area contributed by atoms with Crippen molar-refractivity contribution < 1.29 is 29.3 Å². The van der Waals surface area contributed by atoms with Crippen molar-refractivity contribution in [3.63, 3.8) is 0 Å². The Bertz CT molecular complexity index is 940. The number of ether oxygens (including phenoxy) is 2. The number of methoxy groups -OCH3 is 1. The van der Waals surface area contributed by atoms with Crippen molar-refractivity contribution in [3.8, 4) is 23.0 Å². The van der Waals surface area contributed by atoms with Crippen molar-refractivity contribution >= 4 is 23.7 Å². The maximum absolute atomic E-state index is 12.0. The lowest BCUT2D eigenvalue weighted by Gasteiger charge is -2.11. The molecule has 0 amide bonds. The van der Waals surface area contributed by atoms with Crippen molar-refractivity contribution in [2.45, 2.75) is 26.4 Å². The Hall–Kier alpha value is -3.54. The summed E-state index contributed by atoms with van der Waals surface area (Å²) < 4.78 is 10.5. The van der Waals surface area contributed by atoms with Crippen LogP contribution in [0.25, 0.3) is 12.2 Å². The lowest BCUT2D eigenvalue weighted by atomic mass is 10.1. The lowest BCUT2D eigenvalue weighted by molar-refractivity contribution is -0.121. The fraction of sp³-hybridized carbons (Fsp3) is 0.217. The van der Waals surface area contributed by atoms with Crippen LogP contribution in [0, 0.1) is 0 Å². The van der Waals surface area contributed by atoms with E-state index in [-0.39, 0.29) is 35.6 Å².